The molecule has 0 unspecified atom stereocenters. The van der Waals surface area contributed by atoms with Crippen LogP contribution in [0.15, 0.2) is 352 Å². The highest BCUT2D eigenvalue weighted by Gasteiger charge is 2.41. The third-order valence-electron chi connectivity index (χ3n) is 23.9. The van der Waals surface area contributed by atoms with E-state index >= 15 is 0 Å². The van der Waals surface area contributed by atoms with Gasteiger partial charge in [-0.25, -0.2) is 0 Å². The molecule has 498 valence electrons. The predicted octanol–water partition coefficient (Wildman–Crippen LogP) is 27.0. The maximum atomic E-state index is 2.54. The zero-order valence-corrected chi connectivity index (χ0v) is 59.3. The van der Waals surface area contributed by atoms with Crippen molar-refractivity contribution < 1.29 is 0 Å². The fourth-order valence-corrected chi connectivity index (χ4v) is 19.2. The molecule has 0 radical (unpaired) electrons. The van der Waals surface area contributed by atoms with E-state index in [0.29, 0.717) is 0 Å². The maximum absolute atomic E-state index is 2.54. The van der Waals surface area contributed by atoms with Gasteiger partial charge in [0.05, 0.1) is 61.2 Å². The molecular weight excluding hydrogens is 1280 g/mol. The Morgan fingerprint density at radius 2 is 0.528 bits per heavy atom. The van der Waals surface area contributed by atoms with E-state index in [-0.39, 0.29) is 10.8 Å². The van der Waals surface area contributed by atoms with Gasteiger partial charge in [0.15, 0.2) is 0 Å². The standard InChI is InChI=1S/C102H70N4/c1-101(2)85-40-14-8-32-74(85)79-38-23-47-96(99(79)101)105-90-45-18-12-35-77(90)83-61-68(51-55-94(83)105)66-49-53-92-81(59-66)75-33-10-16-43-88(75)103(92)71-30-21-28-65(58-71)64-27-20-29-70(57-64)73-37-22-41-86-98(73)80-39-24-48-97(100(80)102(86,3)4)106-91-46-19-13-36-78(91)84-62-69(52-56-95(84)106)67-50-54-93-82(60-67)76-34-11-17-44-89(76)104(93)87-42-15-9-31-72(87)63-25-6-5-7-26-63/h5-62H,1-4H3. The number of benzene rings is 16. The van der Waals surface area contributed by atoms with Gasteiger partial charge in [0.25, 0.3) is 0 Å². The zero-order chi connectivity index (χ0) is 70.3. The van der Waals surface area contributed by atoms with Crippen LogP contribution in [-0.2, 0) is 10.8 Å². The lowest BCUT2D eigenvalue weighted by molar-refractivity contribution is 0.656. The summed E-state index contributed by atoms with van der Waals surface area (Å²) in [7, 11) is 0. The molecule has 0 N–H and O–H groups in total. The van der Waals surface area contributed by atoms with Crippen LogP contribution >= 0.6 is 0 Å². The van der Waals surface area contributed by atoms with Gasteiger partial charge in [-0.1, -0.05) is 270 Å². The molecule has 4 heterocycles. The minimum absolute atomic E-state index is 0.153. The van der Waals surface area contributed by atoms with Crippen LogP contribution in [0.4, 0.5) is 0 Å². The molecule has 0 spiro atoms. The summed E-state index contributed by atoms with van der Waals surface area (Å²) in [6.45, 7) is 9.63. The van der Waals surface area contributed by atoms with E-state index in [0.717, 1.165) is 5.69 Å². The molecule has 4 heteroatoms. The first-order chi connectivity index (χ1) is 52.1. The molecule has 0 saturated carbocycles. The second-order valence-electron chi connectivity index (χ2n) is 30.3. The maximum Gasteiger partial charge on any atom is 0.0541 e. The molecule has 2 aliphatic rings. The van der Waals surface area contributed by atoms with Crippen LogP contribution in [0.1, 0.15) is 49.9 Å². The molecule has 0 saturated heterocycles. The Bertz CT molecular complexity index is 7140. The van der Waals surface area contributed by atoms with Gasteiger partial charge in [0.2, 0.25) is 0 Å². The first-order valence-electron chi connectivity index (χ1n) is 37.1. The summed E-state index contributed by atoms with van der Waals surface area (Å²) in [6.07, 6.45) is 0. The van der Waals surface area contributed by atoms with Crippen molar-refractivity contribution >= 4 is 87.2 Å². The SMILES string of the molecule is CC1(C)c2ccccc2-c2cccc(-n3c4ccccc4c4cc(-c5ccc6c(c5)c5ccccc5n6-c5cccc(-c6cccc(-c7cccc8c7-c7cccc(-n9c%10ccccc%10c%10cc(-c%11ccc%12c(c%11)c%11ccccc%11n%12-c%11ccccc%11-c%11ccccc%11)ccc%109)c7C8(C)C)c6)c5)ccc43)c21. The molecular formula is C102H70N4. The topological polar surface area (TPSA) is 19.7 Å². The summed E-state index contributed by atoms with van der Waals surface area (Å²) >= 11 is 0. The second kappa shape index (κ2) is 22.6. The molecule has 2 aliphatic carbocycles. The largest absolute Gasteiger partial charge is 0.309 e. The van der Waals surface area contributed by atoms with Crippen LogP contribution in [0.5, 0.6) is 0 Å². The summed E-state index contributed by atoms with van der Waals surface area (Å²) in [5, 5.41) is 9.92. The molecule has 22 rings (SSSR count). The lowest BCUT2D eigenvalue weighted by Gasteiger charge is -2.25. The van der Waals surface area contributed by atoms with Crippen LogP contribution in [0.3, 0.4) is 0 Å². The van der Waals surface area contributed by atoms with Crippen molar-refractivity contribution in [3.63, 3.8) is 0 Å². The minimum Gasteiger partial charge on any atom is -0.309 e. The predicted molar refractivity (Wildman–Crippen MR) is 446 cm³/mol. The van der Waals surface area contributed by atoms with E-state index in [1.54, 1.807) is 0 Å². The monoisotopic (exact) mass is 1350 g/mol. The highest BCUT2D eigenvalue weighted by molar-refractivity contribution is 6.16. The number of para-hydroxylation sites is 5. The average molecular weight is 1350 g/mol. The first-order valence-corrected chi connectivity index (χ1v) is 37.1. The average Bonchev–Trinajstić information content (AvgIpc) is 1.55. The van der Waals surface area contributed by atoms with E-state index < -0.39 is 0 Å². The van der Waals surface area contributed by atoms with Gasteiger partial charge in [-0.15, -0.1) is 0 Å². The van der Waals surface area contributed by atoms with Gasteiger partial charge >= 0.3 is 0 Å². The van der Waals surface area contributed by atoms with Crippen LogP contribution in [0.2, 0.25) is 0 Å². The molecule has 0 atom stereocenters. The van der Waals surface area contributed by atoms with Gasteiger partial charge in [-0.05, 0) is 204 Å². The molecule has 106 heavy (non-hydrogen) atoms. The molecule has 20 aromatic rings. The van der Waals surface area contributed by atoms with Crippen molar-refractivity contribution in [2.24, 2.45) is 0 Å². The van der Waals surface area contributed by atoms with Crippen molar-refractivity contribution in [2.45, 2.75) is 38.5 Å². The van der Waals surface area contributed by atoms with Gasteiger partial charge in [0, 0.05) is 65.2 Å². The van der Waals surface area contributed by atoms with E-state index in [1.165, 1.54) is 204 Å². The Balaban J connectivity index is 0.606. The smallest absolute Gasteiger partial charge is 0.0541 e. The molecule has 0 aliphatic heterocycles. The van der Waals surface area contributed by atoms with Crippen LogP contribution in [0.25, 0.3) is 188 Å². The Kier molecular flexibility index (Phi) is 12.9. The minimum atomic E-state index is -0.315. The number of hydrogen-bond acceptors (Lipinski definition) is 0. The summed E-state index contributed by atoms with van der Waals surface area (Å²) in [5.74, 6) is 0. The number of aromatic nitrogens is 4. The lowest BCUT2D eigenvalue weighted by atomic mass is 9.81. The first kappa shape index (κ1) is 60.3. The summed E-state index contributed by atoms with van der Waals surface area (Å²) in [6, 6.07) is 132. The number of rotatable bonds is 9. The number of nitrogens with zero attached hydrogens (tertiary/aromatic N) is 4. The quantitative estimate of drug-likeness (QED) is 0.137. The van der Waals surface area contributed by atoms with Crippen molar-refractivity contribution in [3.8, 4) is 101 Å². The molecule has 4 nitrogen and oxygen atoms in total. The van der Waals surface area contributed by atoms with Gasteiger partial charge < -0.3 is 18.3 Å². The zero-order valence-electron chi connectivity index (χ0n) is 59.3. The van der Waals surface area contributed by atoms with E-state index in [9.17, 15) is 0 Å². The summed E-state index contributed by atoms with van der Waals surface area (Å²) in [4.78, 5) is 0. The van der Waals surface area contributed by atoms with Gasteiger partial charge in [0.1, 0.15) is 0 Å². The van der Waals surface area contributed by atoms with Gasteiger partial charge in [-0.2, -0.15) is 0 Å². The van der Waals surface area contributed by atoms with E-state index in [1.807, 2.05) is 0 Å². The fraction of sp³-hybridized carbons (Fsp3) is 0.0588. The molecule has 16 aromatic carbocycles. The Morgan fingerprint density at radius 1 is 0.189 bits per heavy atom. The van der Waals surface area contributed by atoms with Gasteiger partial charge in [-0.3, -0.25) is 0 Å². The molecule has 0 bridgehead atoms. The van der Waals surface area contributed by atoms with Crippen LogP contribution < -0.4 is 0 Å². The third kappa shape index (κ3) is 8.64. The highest BCUT2D eigenvalue weighted by Crippen LogP contribution is 2.56. The number of hydrogen-bond donors (Lipinski definition) is 0. The fourth-order valence-electron chi connectivity index (χ4n) is 19.2. The summed E-state index contributed by atoms with van der Waals surface area (Å²) in [5.41, 5.74) is 36.5. The molecule has 4 aromatic heterocycles. The Labute approximate surface area is 614 Å². The van der Waals surface area contributed by atoms with Crippen molar-refractivity contribution in [1.82, 2.24) is 18.3 Å². The van der Waals surface area contributed by atoms with E-state index in [4.69, 9.17) is 0 Å². The second-order valence-corrected chi connectivity index (χ2v) is 30.3. The Morgan fingerprint density at radius 3 is 1.09 bits per heavy atom. The highest BCUT2D eigenvalue weighted by atomic mass is 15.0. The summed E-state index contributed by atoms with van der Waals surface area (Å²) < 4.78 is 9.97. The normalized spacial score (nSPS) is 13.4. The van der Waals surface area contributed by atoms with Crippen molar-refractivity contribution in [3.05, 3.63) is 374 Å². The number of fused-ring (bicyclic) bond motifs is 18. The van der Waals surface area contributed by atoms with Crippen molar-refractivity contribution in [2.75, 3.05) is 0 Å². The lowest BCUT2D eigenvalue weighted by Crippen LogP contribution is -2.18. The Hall–Kier alpha value is -13.3. The third-order valence-corrected chi connectivity index (χ3v) is 23.9. The van der Waals surface area contributed by atoms with Crippen LogP contribution in [0, 0.1) is 0 Å². The molecule has 0 fully saturated rings. The molecule has 0 amide bonds. The van der Waals surface area contributed by atoms with Crippen molar-refractivity contribution in [1.29, 1.82) is 0 Å². The van der Waals surface area contributed by atoms with E-state index in [2.05, 4.69) is 398 Å². The van der Waals surface area contributed by atoms with Crippen LogP contribution in [-0.4, -0.2) is 18.3 Å².